The molecule has 0 rings (SSSR count). The number of rotatable bonds is 27. The van der Waals surface area contributed by atoms with Gasteiger partial charge in [-0.2, -0.15) is 11.8 Å². The van der Waals surface area contributed by atoms with E-state index in [1.807, 2.05) is 27.7 Å². The Bertz CT molecular complexity index is 597. The molecule has 0 aromatic heterocycles. The first-order valence-electron chi connectivity index (χ1n) is 13.3. The van der Waals surface area contributed by atoms with Crippen molar-refractivity contribution >= 4 is 46.9 Å². The molecule has 10 nitrogen and oxygen atoms in total. The standard InChI is InChI=1S/C26H48N2O8S2/c1-21(2)17-24(30)18-27-26(32)20-38-16-14-36-12-10-34-8-7-33-9-11-35-13-15-37-19-23(29)5-6-25(31)28-22(3)4/h21-22H,5-20H2,1-4H3,(H,27,32)(H,28,31). The van der Waals surface area contributed by atoms with Crippen LogP contribution in [0.2, 0.25) is 0 Å². The van der Waals surface area contributed by atoms with Crippen molar-refractivity contribution in [1.29, 1.82) is 0 Å². The normalized spacial score (nSPS) is 11.2. The highest BCUT2D eigenvalue weighted by Crippen LogP contribution is 2.04. The quantitative estimate of drug-likeness (QED) is 0.139. The van der Waals surface area contributed by atoms with Crippen molar-refractivity contribution in [2.75, 3.05) is 82.4 Å². The van der Waals surface area contributed by atoms with Crippen molar-refractivity contribution in [3.63, 3.8) is 0 Å². The summed E-state index contributed by atoms with van der Waals surface area (Å²) in [6.45, 7) is 11.8. The smallest absolute Gasteiger partial charge is 0.230 e. The SMILES string of the molecule is CC(C)CC(=O)CNC(=O)CSCCOCCOCCOCCOCCSCC(=O)CCC(=O)NC(C)C. The summed E-state index contributed by atoms with van der Waals surface area (Å²) in [6, 6.07) is 0.0922. The molecule has 0 saturated carbocycles. The number of hydrogen-bond donors (Lipinski definition) is 2. The molecule has 0 unspecified atom stereocenters. The Labute approximate surface area is 236 Å². The molecule has 0 aliphatic rings. The lowest BCUT2D eigenvalue weighted by molar-refractivity contribution is -0.124. The van der Waals surface area contributed by atoms with Gasteiger partial charge in [0.1, 0.15) is 5.78 Å². The highest BCUT2D eigenvalue weighted by atomic mass is 32.2. The van der Waals surface area contributed by atoms with Crippen LogP contribution in [-0.2, 0) is 38.1 Å². The molecule has 222 valence electrons. The number of ketones is 2. The van der Waals surface area contributed by atoms with Crippen molar-refractivity contribution in [2.24, 2.45) is 5.92 Å². The molecule has 0 atom stereocenters. The van der Waals surface area contributed by atoms with Crippen molar-refractivity contribution in [2.45, 2.75) is 53.0 Å². The minimum Gasteiger partial charge on any atom is -0.378 e. The zero-order chi connectivity index (χ0) is 28.4. The third-order valence-corrected chi connectivity index (χ3v) is 6.46. The average Bonchev–Trinajstić information content (AvgIpc) is 2.84. The van der Waals surface area contributed by atoms with E-state index in [1.54, 1.807) is 0 Å². The van der Waals surface area contributed by atoms with Crippen LogP contribution >= 0.6 is 23.5 Å². The molecule has 0 fully saturated rings. The molecule has 0 aliphatic carbocycles. The number of nitrogens with one attached hydrogen (secondary N) is 2. The molecule has 0 aromatic carbocycles. The maximum absolute atomic E-state index is 11.8. The fourth-order valence-corrected chi connectivity index (χ4v) is 4.26. The summed E-state index contributed by atoms with van der Waals surface area (Å²) in [5.41, 5.74) is 0. The largest absolute Gasteiger partial charge is 0.378 e. The van der Waals surface area contributed by atoms with E-state index in [0.29, 0.717) is 82.5 Å². The first-order chi connectivity index (χ1) is 18.2. The Morgan fingerprint density at radius 2 is 1.13 bits per heavy atom. The van der Waals surface area contributed by atoms with Gasteiger partial charge in [-0.1, -0.05) is 13.8 Å². The van der Waals surface area contributed by atoms with Crippen LogP contribution in [0.1, 0.15) is 47.0 Å². The minimum absolute atomic E-state index is 0.0544. The Morgan fingerprint density at radius 1 is 0.632 bits per heavy atom. The van der Waals surface area contributed by atoms with E-state index in [1.165, 1.54) is 23.5 Å². The van der Waals surface area contributed by atoms with Gasteiger partial charge in [0, 0.05) is 36.8 Å². The summed E-state index contributed by atoms with van der Waals surface area (Å²) >= 11 is 2.98. The van der Waals surface area contributed by atoms with E-state index in [9.17, 15) is 19.2 Å². The molecule has 0 saturated heterocycles. The Hall–Kier alpha value is -1.18. The number of ether oxygens (including phenoxy) is 4. The van der Waals surface area contributed by atoms with Crippen LogP contribution in [0.4, 0.5) is 0 Å². The molecule has 2 N–H and O–H groups in total. The molecule has 0 aliphatic heterocycles. The van der Waals surface area contributed by atoms with Gasteiger partial charge in [0.05, 0.1) is 70.9 Å². The van der Waals surface area contributed by atoms with Crippen molar-refractivity contribution in [3.05, 3.63) is 0 Å². The predicted molar refractivity (Wildman–Crippen MR) is 153 cm³/mol. The second kappa shape index (κ2) is 26.1. The van der Waals surface area contributed by atoms with Gasteiger partial charge in [0.25, 0.3) is 0 Å². The van der Waals surface area contributed by atoms with E-state index < -0.39 is 0 Å². The molecule has 0 spiro atoms. The number of Topliss-reactive ketones (excluding diaryl/α,β-unsaturated/α-hetero) is 2. The zero-order valence-electron chi connectivity index (χ0n) is 23.6. The summed E-state index contributed by atoms with van der Waals surface area (Å²) in [6.07, 6.45) is 1.00. The van der Waals surface area contributed by atoms with Gasteiger partial charge in [-0.05, 0) is 19.8 Å². The molecule has 38 heavy (non-hydrogen) atoms. The van der Waals surface area contributed by atoms with Gasteiger partial charge in [-0.25, -0.2) is 0 Å². The van der Waals surface area contributed by atoms with Crippen LogP contribution in [0.25, 0.3) is 0 Å². The van der Waals surface area contributed by atoms with E-state index >= 15 is 0 Å². The third kappa shape index (κ3) is 27.8. The molecular formula is C26H48N2O8S2. The van der Waals surface area contributed by atoms with Crippen molar-refractivity contribution in [3.8, 4) is 0 Å². The van der Waals surface area contributed by atoms with Crippen molar-refractivity contribution < 1.29 is 38.1 Å². The van der Waals surface area contributed by atoms with Crippen LogP contribution in [0.5, 0.6) is 0 Å². The summed E-state index contributed by atoms with van der Waals surface area (Å²) in [4.78, 5) is 46.6. The van der Waals surface area contributed by atoms with Crippen LogP contribution in [0.15, 0.2) is 0 Å². The van der Waals surface area contributed by atoms with Gasteiger partial charge in [0.15, 0.2) is 5.78 Å². The second-order valence-corrected chi connectivity index (χ2v) is 11.4. The molecule has 0 heterocycles. The maximum Gasteiger partial charge on any atom is 0.230 e. The van der Waals surface area contributed by atoms with E-state index in [-0.39, 0.29) is 48.8 Å². The Morgan fingerprint density at radius 3 is 1.63 bits per heavy atom. The summed E-state index contributed by atoms with van der Waals surface area (Å²) in [5.74, 6) is 2.34. The van der Waals surface area contributed by atoms with Gasteiger partial charge in [0.2, 0.25) is 11.8 Å². The molecule has 2 amide bonds. The predicted octanol–water partition coefficient (Wildman–Crippen LogP) is 2.12. The van der Waals surface area contributed by atoms with E-state index in [2.05, 4.69) is 10.6 Å². The average molecular weight is 581 g/mol. The van der Waals surface area contributed by atoms with Gasteiger partial charge in [-0.15, -0.1) is 11.8 Å². The second-order valence-electron chi connectivity index (χ2n) is 9.23. The number of thioether (sulfide) groups is 2. The molecule has 0 aromatic rings. The van der Waals surface area contributed by atoms with Gasteiger partial charge in [-0.3, -0.25) is 19.2 Å². The first kappa shape index (κ1) is 36.8. The topological polar surface area (TPSA) is 129 Å². The lowest BCUT2D eigenvalue weighted by Gasteiger charge is -2.08. The van der Waals surface area contributed by atoms with Gasteiger partial charge >= 0.3 is 0 Å². The van der Waals surface area contributed by atoms with Gasteiger partial charge < -0.3 is 29.6 Å². The number of amides is 2. The molecule has 0 bridgehead atoms. The van der Waals surface area contributed by atoms with Crippen LogP contribution < -0.4 is 10.6 Å². The highest BCUT2D eigenvalue weighted by Gasteiger charge is 2.09. The van der Waals surface area contributed by atoms with Crippen LogP contribution in [0, 0.1) is 5.92 Å². The van der Waals surface area contributed by atoms with Crippen LogP contribution in [-0.4, -0.2) is 112 Å². The minimum atomic E-state index is -0.132. The van der Waals surface area contributed by atoms with E-state index in [4.69, 9.17) is 18.9 Å². The third-order valence-electron chi connectivity index (χ3n) is 4.56. The summed E-state index contributed by atoms with van der Waals surface area (Å²) in [7, 11) is 0. The summed E-state index contributed by atoms with van der Waals surface area (Å²) in [5, 5.41) is 5.42. The number of carbonyl (C=O) groups excluding carboxylic acids is 4. The Kier molecular flexibility index (Phi) is 25.3. The zero-order valence-corrected chi connectivity index (χ0v) is 25.2. The monoisotopic (exact) mass is 580 g/mol. The number of carbonyl (C=O) groups is 4. The molecule has 0 radical (unpaired) electrons. The fraction of sp³-hybridized carbons (Fsp3) is 0.846. The molecular weight excluding hydrogens is 532 g/mol. The summed E-state index contributed by atoms with van der Waals surface area (Å²) < 4.78 is 21.8. The maximum atomic E-state index is 11.8. The number of hydrogen-bond acceptors (Lipinski definition) is 10. The fourth-order valence-electron chi connectivity index (χ4n) is 2.84. The highest BCUT2D eigenvalue weighted by molar-refractivity contribution is 8.00. The first-order valence-corrected chi connectivity index (χ1v) is 15.6. The molecule has 12 heteroatoms. The van der Waals surface area contributed by atoms with E-state index in [0.717, 1.165) is 5.75 Å². The van der Waals surface area contributed by atoms with Crippen molar-refractivity contribution in [1.82, 2.24) is 10.6 Å². The lowest BCUT2D eigenvalue weighted by Crippen LogP contribution is -2.31. The Balaban J connectivity index is 3.29. The lowest BCUT2D eigenvalue weighted by atomic mass is 10.1. The van der Waals surface area contributed by atoms with Crippen LogP contribution in [0.3, 0.4) is 0 Å².